The standard InChI is InChI=1S/C50H43O7P/c51-40-31-45(52)48(46(53)32-40)49(54)44(30-37-20-10-3-11-21-37)50(58(55)56,33-38-22-12-4-13-23-38)43-26-27-47(57-34-39-24-14-5-15-25-39)42(29-36-18-8-2-9-19-36)41(43)28-35-16-6-1-7-17-35/h1-27,31-32,44,51-53H,28-30,33-34H2. The first kappa shape index (κ1) is 39.5. The third kappa shape index (κ3) is 8.81. The van der Waals surface area contributed by atoms with Crippen LogP contribution in [-0.2, 0) is 46.6 Å². The number of carbonyl (C=O) groups excluding carboxylic acids is 1. The fraction of sp³-hybridized carbons (Fsp3) is 0.140. The summed E-state index contributed by atoms with van der Waals surface area (Å²) >= 11 is 0. The van der Waals surface area contributed by atoms with E-state index in [-0.39, 0.29) is 19.4 Å². The Bertz CT molecular complexity index is 2510. The average Bonchev–Trinajstić information content (AvgIpc) is 3.23. The van der Waals surface area contributed by atoms with Crippen LogP contribution < -0.4 is 4.74 Å². The molecule has 0 spiro atoms. The zero-order chi connectivity index (χ0) is 40.5. The summed E-state index contributed by atoms with van der Waals surface area (Å²) in [5.74, 6) is -3.35. The number of ether oxygens (including phenoxy) is 1. The van der Waals surface area contributed by atoms with E-state index in [1.807, 2.05) is 158 Å². The maximum absolute atomic E-state index is 15.3. The molecule has 0 aliphatic carbocycles. The summed E-state index contributed by atoms with van der Waals surface area (Å²) in [5.41, 5.74) is 5.65. The van der Waals surface area contributed by atoms with Crippen molar-refractivity contribution in [1.29, 1.82) is 0 Å². The summed E-state index contributed by atoms with van der Waals surface area (Å²) in [5, 5.41) is 30.6. The van der Waals surface area contributed by atoms with Crippen molar-refractivity contribution in [2.24, 2.45) is 5.92 Å². The number of hydrogen-bond donors (Lipinski definition) is 3. The SMILES string of the molecule is O=C(c1c(O)cc(O)cc1O)C(Cc1ccccc1)C(Cc1ccccc1)(c1ccc(OCc2ccccc2)c(Cc2ccccc2)c1Cc1ccccc1)P(=O)=O. The highest BCUT2D eigenvalue weighted by molar-refractivity contribution is 7.32. The highest BCUT2D eigenvalue weighted by Crippen LogP contribution is 2.54. The van der Waals surface area contributed by atoms with E-state index in [9.17, 15) is 24.4 Å². The molecule has 0 amide bonds. The van der Waals surface area contributed by atoms with Gasteiger partial charge in [-0.3, -0.25) is 4.79 Å². The Labute approximate surface area is 338 Å². The van der Waals surface area contributed by atoms with Crippen LogP contribution in [0.1, 0.15) is 54.9 Å². The Morgan fingerprint density at radius 1 is 0.552 bits per heavy atom. The van der Waals surface area contributed by atoms with Crippen LogP contribution in [0.5, 0.6) is 23.0 Å². The molecule has 3 N–H and O–H groups in total. The number of rotatable bonds is 16. The minimum Gasteiger partial charge on any atom is -0.508 e. The van der Waals surface area contributed by atoms with Gasteiger partial charge in [0, 0.05) is 24.1 Å². The Morgan fingerprint density at radius 3 is 1.50 bits per heavy atom. The van der Waals surface area contributed by atoms with E-state index in [1.165, 1.54) is 0 Å². The van der Waals surface area contributed by atoms with E-state index >= 15 is 4.79 Å². The molecule has 8 heteroatoms. The van der Waals surface area contributed by atoms with Crippen molar-refractivity contribution in [1.82, 2.24) is 0 Å². The second-order valence-electron chi connectivity index (χ2n) is 14.5. The number of carbonyl (C=O) groups is 1. The molecular formula is C50H43O7P. The first-order valence-corrected chi connectivity index (χ1v) is 20.3. The molecule has 290 valence electrons. The smallest absolute Gasteiger partial charge is 0.327 e. The van der Waals surface area contributed by atoms with E-state index in [4.69, 9.17) is 4.74 Å². The summed E-state index contributed by atoms with van der Waals surface area (Å²) < 4.78 is 36.2. The van der Waals surface area contributed by atoms with Crippen LogP contribution in [0.15, 0.2) is 176 Å². The molecule has 0 aromatic heterocycles. The van der Waals surface area contributed by atoms with Crippen LogP contribution in [0.4, 0.5) is 0 Å². The Kier molecular flexibility index (Phi) is 12.3. The lowest BCUT2D eigenvalue weighted by Crippen LogP contribution is -2.41. The number of benzene rings is 7. The highest BCUT2D eigenvalue weighted by atomic mass is 31.1. The molecule has 7 aromatic rings. The fourth-order valence-corrected chi connectivity index (χ4v) is 9.08. The molecule has 0 bridgehead atoms. The van der Waals surface area contributed by atoms with Crippen LogP contribution in [0.2, 0.25) is 0 Å². The lowest BCUT2D eigenvalue weighted by molar-refractivity contribution is 0.0873. The van der Waals surface area contributed by atoms with Gasteiger partial charge in [0.05, 0.1) is 5.92 Å². The minimum absolute atomic E-state index is 0.0549. The van der Waals surface area contributed by atoms with Crippen molar-refractivity contribution in [3.63, 3.8) is 0 Å². The van der Waals surface area contributed by atoms with Crippen molar-refractivity contribution >= 4 is 13.5 Å². The molecule has 0 saturated heterocycles. The van der Waals surface area contributed by atoms with E-state index in [0.717, 1.165) is 34.4 Å². The Balaban J connectivity index is 1.55. The first-order valence-electron chi connectivity index (χ1n) is 19.1. The summed E-state index contributed by atoms with van der Waals surface area (Å²) in [6, 6.07) is 53.3. The predicted octanol–water partition coefficient (Wildman–Crippen LogP) is 10.9. The lowest BCUT2D eigenvalue weighted by atomic mass is 9.71. The van der Waals surface area contributed by atoms with E-state index in [2.05, 4.69) is 0 Å². The number of Topliss-reactive ketones (excluding diaryl/α,β-unsaturated/α-hetero) is 1. The zero-order valence-corrected chi connectivity index (χ0v) is 32.7. The molecule has 2 atom stereocenters. The minimum atomic E-state index is -3.52. The molecule has 0 fully saturated rings. The van der Waals surface area contributed by atoms with E-state index in [1.54, 1.807) is 6.07 Å². The molecule has 0 saturated carbocycles. The number of phenolic OH excluding ortho intramolecular Hbond substituents is 3. The molecule has 7 nitrogen and oxygen atoms in total. The predicted molar refractivity (Wildman–Crippen MR) is 225 cm³/mol. The molecular weight excluding hydrogens is 744 g/mol. The quantitative estimate of drug-likeness (QED) is 0.0659. The van der Waals surface area contributed by atoms with Crippen molar-refractivity contribution in [3.05, 3.63) is 226 Å². The monoisotopic (exact) mass is 786 g/mol. The molecule has 7 aromatic carbocycles. The second-order valence-corrected chi connectivity index (χ2v) is 15.8. The van der Waals surface area contributed by atoms with Gasteiger partial charge in [0.25, 0.3) is 0 Å². The highest BCUT2D eigenvalue weighted by Gasteiger charge is 2.52. The molecule has 0 aliphatic rings. The van der Waals surface area contributed by atoms with Gasteiger partial charge in [-0.25, -0.2) is 9.13 Å². The van der Waals surface area contributed by atoms with Gasteiger partial charge in [0.1, 0.15) is 40.3 Å². The Morgan fingerprint density at radius 2 is 1.00 bits per heavy atom. The average molecular weight is 787 g/mol. The number of phenols is 3. The topological polar surface area (TPSA) is 121 Å². The second kappa shape index (κ2) is 18.1. The van der Waals surface area contributed by atoms with Gasteiger partial charge in [-0.1, -0.05) is 158 Å². The van der Waals surface area contributed by atoms with Gasteiger partial charge in [0.15, 0.2) is 5.78 Å². The summed E-state index contributed by atoms with van der Waals surface area (Å²) in [6.07, 6.45) is 0.546. The number of aromatic hydroxyl groups is 3. The van der Waals surface area contributed by atoms with Crippen LogP contribution in [-0.4, -0.2) is 21.1 Å². The van der Waals surface area contributed by atoms with Gasteiger partial charge in [-0.15, -0.1) is 0 Å². The maximum atomic E-state index is 15.3. The van der Waals surface area contributed by atoms with Crippen molar-refractivity contribution in [3.8, 4) is 23.0 Å². The summed E-state index contributed by atoms with van der Waals surface area (Å²) in [4.78, 5) is 15.3. The Hall–Kier alpha value is -6.69. The number of ketones is 1. The van der Waals surface area contributed by atoms with Gasteiger partial charge in [-0.2, -0.15) is 0 Å². The van der Waals surface area contributed by atoms with Gasteiger partial charge < -0.3 is 20.1 Å². The van der Waals surface area contributed by atoms with Crippen LogP contribution in [0.3, 0.4) is 0 Å². The van der Waals surface area contributed by atoms with E-state index in [0.29, 0.717) is 40.8 Å². The largest absolute Gasteiger partial charge is 0.508 e. The van der Waals surface area contributed by atoms with Crippen molar-refractivity contribution < 1.29 is 34.0 Å². The normalized spacial score (nSPS) is 12.6. The van der Waals surface area contributed by atoms with Crippen LogP contribution in [0.25, 0.3) is 0 Å². The van der Waals surface area contributed by atoms with Crippen molar-refractivity contribution in [2.45, 2.75) is 37.4 Å². The summed E-state index contributed by atoms with van der Waals surface area (Å²) in [6.45, 7) is 0.270. The van der Waals surface area contributed by atoms with Gasteiger partial charge in [-0.05, 0) is 64.3 Å². The maximum Gasteiger partial charge on any atom is 0.327 e. The third-order valence-corrected chi connectivity index (χ3v) is 12.0. The molecule has 7 rings (SSSR count). The van der Waals surface area contributed by atoms with Gasteiger partial charge in [0.2, 0.25) is 0 Å². The fourth-order valence-electron chi connectivity index (χ4n) is 7.90. The van der Waals surface area contributed by atoms with Crippen LogP contribution >= 0.6 is 7.68 Å². The first-order chi connectivity index (χ1) is 28.2. The van der Waals surface area contributed by atoms with Gasteiger partial charge >= 0.3 is 7.68 Å². The zero-order valence-electron chi connectivity index (χ0n) is 31.8. The van der Waals surface area contributed by atoms with Crippen molar-refractivity contribution in [2.75, 3.05) is 0 Å². The third-order valence-electron chi connectivity index (χ3n) is 10.7. The molecule has 0 radical (unpaired) electrons. The molecule has 0 heterocycles. The van der Waals surface area contributed by atoms with Crippen LogP contribution in [0, 0.1) is 5.92 Å². The van der Waals surface area contributed by atoms with E-state index < -0.39 is 47.3 Å². The molecule has 0 aliphatic heterocycles. The molecule has 2 unspecified atom stereocenters. The molecule has 58 heavy (non-hydrogen) atoms. The lowest BCUT2D eigenvalue weighted by Gasteiger charge is -2.37. The number of hydrogen-bond acceptors (Lipinski definition) is 7. The summed E-state index contributed by atoms with van der Waals surface area (Å²) in [7, 11) is -3.52.